The molecule has 5 heteroatoms. The van der Waals surface area contributed by atoms with E-state index in [1.165, 1.54) is 10.4 Å². The van der Waals surface area contributed by atoms with Crippen LogP contribution in [-0.4, -0.2) is 9.97 Å². The topological polar surface area (TPSA) is 57.8 Å². The van der Waals surface area contributed by atoms with Crippen LogP contribution in [0.1, 0.15) is 40.5 Å². The Hall–Kier alpha value is -1.46. The minimum atomic E-state index is -0.0482. The second-order valence-corrected chi connectivity index (χ2v) is 5.78. The number of H-pyrrole nitrogens is 1. The van der Waals surface area contributed by atoms with E-state index in [4.69, 9.17) is 0 Å². The molecule has 2 rings (SSSR count). The van der Waals surface area contributed by atoms with Crippen molar-refractivity contribution in [2.75, 3.05) is 0 Å². The second kappa shape index (κ2) is 5.67. The lowest BCUT2D eigenvalue weighted by Crippen LogP contribution is -2.27. The van der Waals surface area contributed by atoms with Crippen molar-refractivity contribution >= 4 is 11.3 Å². The molecule has 0 aromatic carbocycles. The SMILES string of the molecule is Cc1nc(C)c(C(C)NCc2sccc2C)c(=O)[nH]1. The van der Waals surface area contributed by atoms with E-state index in [2.05, 4.69) is 33.7 Å². The molecule has 19 heavy (non-hydrogen) atoms. The lowest BCUT2D eigenvalue weighted by atomic mass is 10.1. The summed E-state index contributed by atoms with van der Waals surface area (Å²) in [6.45, 7) is 8.55. The Kier molecular flexibility index (Phi) is 4.17. The number of aryl methyl sites for hydroxylation is 3. The van der Waals surface area contributed by atoms with E-state index in [0.717, 1.165) is 17.8 Å². The van der Waals surface area contributed by atoms with Gasteiger partial charge in [0, 0.05) is 23.2 Å². The zero-order chi connectivity index (χ0) is 14.0. The zero-order valence-electron chi connectivity index (χ0n) is 11.7. The predicted molar refractivity (Wildman–Crippen MR) is 78.6 cm³/mol. The maximum absolute atomic E-state index is 12.0. The summed E-state index contributed by atoms with van der Waals surface area (Å²) in [5.41, 5.74) is 2.76. The van der Waals surface area contributed by atoms with Gasteiger partial charge in [0.1, 0.15) is 5.82 Å². The Bertz CT molecular complexity index is 630. The molecule has 0 aliphatic heterocycles. The van der Waals surface area contributed by atoms with Crippen LogP contribution in [0.3, 0.4) is 0 Å². The van der Waals surface area contributed by atoms with Crippen molar-refractivity contribution in [2.24, 2.45) is 0 Å². The first-order valence-electron chi connectivity index (χ1n) is 6.32. The van der Waals surface area contributed by atoms with Crippen LogP contribution < -0.4 is 10.9 Å². The normalized spacial score (nSPS) is 12.6. The van der Waals surface area contributed by atoms with Gasteiger partial charge in [0.05, 0.1) is 5.56 Å². The molecule has 0 spiro atoms. The van der Waals surface area contributed by atoms with Crippen LogP contribution in [0.5, 0.6) is 0 Å². The highest BCUT2D eigenvalue weighted by molar-refractivity contribution is 7.10. The summed E-state index contributed by atoms with van der Waals surface area (Å²) in [4.78, 5) is 20.4. The van der Waals surface area contributed by atoms with Gasteiger partial charge >= 0.3 is 0 Å². The van der Waals surface area contributed by atoms with E-state index in [0.29, 0.717) is 5.82 Å². The van der Waals surface area contributed by atoms with Crippen molar-refractivity contribution < 1.29 is 0 Å². The Morgan fingerprint density at radius 1 is 1.42 bits per heavy atom. The quantitative estimate of drug-likeness (QED) is 0.903. The molecular weight excluding hydrogens is 258 g/mol. The third-order valence-corrected chi connectivity index (χ3v) is 4.26. The molecule has 0 amide bonds. The fraction of sp³-hybridized carbons (Fsp3) is 0.429. The highest BCUT2D eigenvalue weighted by Crippen LogP contribution is 2.17. The number of hydrogen-bond donors (Lipinski definition) is 2. The van der Waals surface area contributed by atoms with E-state index in [9.17, 15) is 4.79 Å². The van der Waals surface area contributed by atoms with Gasteiger partial charge in [-0.2, -0.15) is 0 Å². The number of thiophene rings is 1. The highest BCUT2D eigenvalue weighted by Gasteiger charge is 2.14. The summed E-state index contributed by atoms with van der Waals surface area (Å²) in [5, 5.41) is 5.48. The molecule has 0 radical (unpaired) electrons. The number of nitrogens with zero attached hydrogens (tertiary/aromatic N) is 1. The van der Waals surface area contributed by atoms with Gasteiger partial charge in [0.15, 0.2) is 0 Å². The van der Waals surface area contributed by atoms with Gasteiger partial charge in [-0.1, -0.05) is 0 Å². The Morgan fingerprint density at radius 2 is 2.16 bits per heavy atom. The van der Waals surface area contributed by atoms with E-state index in [1.54, 1.807) is 18.3 Å². The summed E-state index contributed by atoms with van der Waals surface area (Å²) in [6.07, 6.45) is 0. The molecule has 2 heterocycles. The molecule has 1 atom stereocenters. The summed E-state index contributed by atoms with van der Waals surface area (Å²) < 4.78 is 0. The van der Waals surface area contributed by atoms with E-state index in [-0.39, 0.29) is 11.6 Å². The molecule has 0 bridgehead atoms. The molecule has 0 aliphatic rings. The minimum absolute atomic E-state index is 0.0154. The molecule has 102 valence electrons. The Morgan fingerprint density at radius 3 is 2.74 bits per heavy atom. The standard InChI is InChI=1S/C14H19N3OS/c1-8-5-6-19-12(8)7-15-9(2)13-10(3)16-11(4)17-14(13)18/h5-6,9,15H,7H2,1-4H3,(H,16,17,18). The van der Waals surface area contributed by atoms with Crippen LogP contribution in [0.4, 0.5) is 0 Å². The fourth-order valence-electron chi connectivity index (χ4n) is 2.18. The van der Waals surface area contributed by atoms with Crippen LogP contribution >= 0.6 is 11.3 Å². The Labute approximate surface area is 116 Å². The average Bonchev–Trinajstić information content (AvgIpc) is 2.70. The Balaban J connectivity index is 2.15. The molecule has 1 unspecified atom stereocenters. The predicted octanol–water partition coefficient (Wildman–Crippen LogP) is 2.61. The van der Waals surface area contributed by atoms with Crippen molar-refractivity contribution in [1.29, 1.82) is 0 Å². The highest BCUT2D eigenvalue weighted by atomic mass is 32.1. The van der Waals surface area contributed by atoms with Crippen LogP contribution in [0.15, 0.2) is 16.2 Å². The third-order valence-electron chi connectivity index (χ3n) is 3.23. The van der Waals surface area contributed by atoms with Crippen LogP contribution in [0.2, 0.25) is 0 Å². The number of aromatic amines is 1. The van der Waals surface area contributed by atoms with Crippen LogP contribution in [0.25, 0.3) is 0 Å². The van der Waals surface area contributed by atoms with Gasteiger partial charge in [0.25, 0.3) is 5.56 Å². The van der Waals surface area contributed by atoms with Gasteiger partial charge in [-0.15, -0.1) is 11.3 Å². The molecule has 4 nitrogen and oxygen atoms in total. The summed E-state index contributed by atoms with van der Waals surface area (Å²) in [7, 11) is 0. The summed E-state index contributed by atoms with van der Waals surface area (Å²) >= 11 is 1.73. The maximum Gasteiger partial charge on any atom is 0.255 e. The van der Waals surface area contributed by atoms with Crippen molar-refractivity contribution in [3.63, 3.8) is 0 Å². The largest absolute Gasteiger partial charge is 0.310 e. The lowest BCUT2D eigenvalue weighted by Gasteiger charge is -2.15. The third kappa shape index (κ3) is 3.11. The van der Waals surface area contributed by atoms with Crippen molar-refractivity contribution in [3.05, 3.63) is 49.3 Å². The van der Waals surface area contributed by atoms with Crippen molar-refractivity contribution in [1.82, 2.24) is 15.3 Å². The molecule has 0 saturated heterocycles. The number of aromatic nitrogens is 2. The molecule has 0 fully saturated rings. The maximum atomic E-state index is 12.0. The molecule has 2 aromatic heterocycles. The van der Waals surface area contributed by atoms with Gasteiger partial charge in [0.2, 0.25) is 0 Å². The van der Waals surface area contributed by atoms with Crippen LogP contribution in [0, 0.1) is 20.8 Å². The van der Waals surface area contributed by atoms with E-state index in [1.807, 2.05) is 13.8 Å². The summed E-state index contributed by atoms with van der Waals surface area (Å²) in [6, 6.07) is 2.09. The number of nitrogens with one attached hydrogen (secondary N) is 2. The average molecular weight is 277 g/mol. The van der Waals surface area contributed by atoms with Crippen LogP contribution in [-0.2, 0) is 6.54 Å². The van der Waals surface area contributed by atoms with Gasteiger partial charge < -0.3 is 10.3 Å². The first-order chi connectivity index (χ1) is 8.99. The molecule has 2 N–H and O–H groups in total. The first-order valence-corrected chi connectivity index (χ1v) is 7.20. The number of rotatable bonds is 4. The zero-order valence-corrected chi connectivity index (χ0v) is 12.5. The lowest BCUT2D eigenvalue weighted by molar-refractivity contribution is 0.565. The van der Waals surface area contributed by atoms with E-state index < -0.39 is 0 Å². The molecular formula is C14H19N3OS. The smallest absolute Gasteiger partial charge is 0.255 e. The first kappa shape index (κ1) is 14.0. The van der Waals surface area contributed by atoms with Gasteiger partial charge in [-0.3, -0.25) is 4.79 Å². The monoisotopic (exact) mass is 277 g/mol. The van der Waals surface area contributed by atoms with Gasteiger partial charge in [-0.05, 0) is 44.7 Å². The minimum Gasteiger partial charge on any atom is -0.310 e. The van der Waals surface area contributed by atoms with Gasteiger partial charge in [-0.25, -0.2) is 4.98 Å². The van der Waals surface area contributed by atoms with Crippen molar-refractivity contribution in [3.8, 4) is 0 Å². The summed E-state index contributed by atoms with van der Waals surface area (Å²) in [5.74, 6) is 0.660. The fourth-order valence-corrected chi connectivity index (χ4v) is 3.04. The molecule has 0 saturated carbocycles. The molecule has 0 aliphatic carbocycles. The van der Waals surface area contributed by atoms with Crippen molar-refractivity contribution in [2.45, 2.75) is 40.3 Å². The number of hydrogen-bond acceptors (Lipinski definition) is 4. The second-order valence-electron chi connectivity index (χ2n) is 4.78. The van der Waals surface area contributed by atoms with E-state index >= 15 is 0 Å². The molecule has 2 aromatic rings.